The Balaban J connectivity index is 2.10. The van der Waals surface area contributed by atoms with Crippen molar-refractivity contribution in [2.45, 2.75) is 0 Å². The minimum Gasteiger partial charge on any atom is -0.497 e. The maximum atomic E-state index is 5.16. The van der Waals surface area contributed by atoms with E-state index in [-0.39, 0.29) is 0 Å². The lowest BCUT2D eigenvalue weighted by Crippen LogP contribution is -1.82. The van der Waals surface area contributed by atoms with Crippen LogP contribution < -0.4 is 4.74 Å². The van der Waals surface area contributed by atoms with Crippen LogP contribution in [-0.4, -0.2) is 12.1 Å². The van der Waals surface area contributed by atoms with Gasteiger partial charge in [-0.25, -0.2) is 4.98 Å². The molecule has 3 aromatic rings. The van der Waals surface area contributed by atoms with E-state index in [2.05, 4.69) is 27.0 Å². The highest BCUT2D eigenvalue weighted by atomic mass is 79.9. The largest absolute Gasteiger partial charge is 0.497 e. The van der Waals surface area contributed by atoms with Crippen molar-refractivity contribution >= 4 is 37.5 Å². The van der Waals surface area contributed by atoms with Gasteiger partial charge in [0.1, 0.15) is 10.8 Å². The normalized spacial score (nSPS) is 10.8. The van der Waals surface area contributed by atoms with Crippen LogP contribution in [0.1, 0.15) is 0 Å². The fourth-order valence-electron chi connectivity index (χ4n) is 1.77. The van der Waals surface area contributed by atoms with Gasteiger partial charge in [0.25, 0.3) is 0 Å². The molecule has 0 aliphatic heterocycles. The van der Waals surface area contributed by atoms with Crippen LogP contribution in [0.5, 0.6) is 5.75 Å². The summed E-state index contributed by atoms with van der Waals surface area (Å²) in [5, 5.41) is 1.03. The standard InChI is InChI=1S/C14H10BrNOS/c1-17-10-7-5-9(6-8-10)14-16-13-11(15)3-2-4-12(13)18-14/h2-8H,1H3. The van der Waals surface area contributed by atoms with Gasteiger partial charge in [0.15, 0.2) is 0 Å². The van der Waals surface area contributed by atoms with Crippen molar-refractivity contribution in [3.05, 3.63) is 46.9 Å². The van der Waals surface area contributed by atoms with Gasteiger partial charge in [-0.1, -0.05) is 6.07 Å². The van der Waals surface area contributed by atoms with Crippen LogP contribution in [0.4, 0.5) is 0 Å². The van der Waals surface area contributed by atoms with Crippen molar-refractivity contribution < 1.29 is 4.74 Å². The van der Waals surface area contributed by atoms with Crippen molar-refractivity contribution in [1.82, 2.24) is 4.98 Å². The number of nitrogens with zero attached hydrogens (tertiary/aromatic N) is 1. The summed E-state index contributed by atoms with van der Waals surface area (Å²) in [6, 6.07) is 14.1. The van der Waals surface area contributed by atoms with Gasteiger partial charge in [0, 0.05) is 10.0 Å². The van der Waals surface area contributed by atoms with E-state index in [9.17, 15) is 0 Å². The van der Waals surface area contributed by atoms with E-state index in [1.165, 1.54) is 4.70 Å². The third kappa shape index (κ3) is 2.02. The fraction of sp³-hybridized carbons (Fsp3) is 0.0714. The van der Waals surface area contributed by atoms with E-state index in [4.69, 9.17) is 4.74 Å². The molecule has 4 heteroatoms. The third-order valence-electron chi connectivity index (χ3n) is 2.71. The number of methoxy groups -OCH3 is 1. The molecule has 0 unspecified atom stereocenters. The number of rotatable bonds is 2. The molecule has 0 amide bonds. The van der Waals surface area contributed by atoms with E-state index in [1.54, 1.807) is 18.4 Å². The van der Waals surface area contributed by atoms with Gasteiger partial charge in [-0.05, 0) is 52.3 Å². The van der Waals surface area contributed by atoms with E-state index < -0.39 is 0 Å². The quantitative estimate of drug-likeness (QED) is 0.681. The van der Waals surface area contributed by atoms with Gasteiger partial charge < -0.3 is 4.74 Å². The number of ether oxygens (including phenoxy) is 1. The van der Waals surface area contributed by atoms with Crippen molar-refractivity contribution in [2.24, 2.45) is 0 Å². The van der Waals surface area contributed by atoms with Crippen LogP contribution in [-0.2, 0) is 0 Å². The van der Waals surface area contributed by atoms with E-state index in [0.717, 1.165) is 26.3 Å². The molecular formula is C14H10BrNOS. The molecule has 18 heavy (non-hydrogen) atoms. The lowest BCUT2D eigenvalue weighted by Gasteiger charge is -1.99. The first-order valence-corrected chi connectivity index (χ1v) is 7.08. The number of halogens is 1. The molecular weight excluding hydrogens is 310 g/mol. The van der Waals surface area contributed by atoms with Gasteiger partial charge in [-0.3, -0.25) is 0 Å². The molecule has 0 saturated heterocycles. The maximum absolute atomic E-state index is 5.16. The summed E-state index contributed by atoms with van der Waals surface area (Å²) < 4.78 is 7.39. The summed E-state index contributed by atoms with van der Waals surface area (Å²) in [5.41, 5.74) is 2.14. The van der Waals surface area contributed by atoms with Crippen LogP contribution in [0.25, 0.3) is 20.8 Å². The Morgan fingerprint density at radius 3 is 2.56 bits per heavy atom. The van der Waals surface area contributed by atoms with Gasteiger partial charge in [-0.2, -0.15) is 0 Å². The molecule has 0 saturated carbocycles. The van der Waals surface area contributed by atoms with Crippen molar-refractivity contribution in [3.63, 3.8) is 0 Å². The van der Waals surface area contributed by atoms with Crippen LogP contribution in [0.2, 0.25) is 0 Å². The Labute approximate surface area is 117 Å². The molecule has 0 bridgehead atoms. The summed E-state index contributed by atoms with van der Waals surface area (Å²) in [7, 11) is 1.67. The van der Waals surface area contributed by atoms with Crippen LogP contribution >= 0.6 is 27.3 Å². The molecule has 1 heterocycles. The molecule has 0 aliphatic rings. The Morgan fingerprint density at radius 2 is 1.89 bits per heavy atom. The zero-order valence-corrected chi connectivity index (χ0v) is 12.1. The Bertz CT molecular complexity index is 691. The predicted molar refractivity (Wildman–Crippen MR) is 79.3 cm³/mol. The van der Waals surface area contributed by atoms with Crippen LogP contribution in [0.15, 0.2) is 46.9 Å². The molecule has 1 aromatic heterocycles. The smallest absolute Gasteiger partial charge is 0.124 e. The average Bonchev–Trinajstić information content (AvgIpc) is 2.84. The van der Waals surface area contributed by atoms with Crippen molar-refractivity contribution in [2.75, 3.05) is 7.11 Å². The molecule has 3 rings (SSSR count). The molecule has 2 nitrogen and oxygen atoms in total. The third-order valence-corrected chi connectivity index (χ3v) is 4.42. The predicted octanol–water partition coefficient (Wildman–Crippen LogP) is 4.73. The highest BCUT2D eigenvalue weighted by molar-refractivity contribution is 9.10. The first-order valence-electron chi connectivity index (χ1n) is 5.47. The molecule has 90 valence electrons. The second-order valence-corrected chi connectivity index (χ2v) is 5.72. The number of fused-ring (bicyclic) bond motifs is 1. The second kappa shape index (κ2) is 4.71. The summed E-state index contributed by atoms with van der Waals surface area (Å²) in [5.74, 6) is 0.862. The number of thiazole rings is 1. The lowest BCUT2D eigenvalue weighted by atomic mass is 10.2. The Morgan fingerprint density at radius 1 is 1.11 bits per heavy atom. The number of aromatic nitrogens is 1. The topological polar surface area (TPSA) is 22.1 Å². The summed E-state index contributed by atoms with van der Waals surface area (Å²) in [6.07, 6.45) is 0. The zero-order valence-electron chi connectivity index (χ0n) is 9.68. The molecule has 2 aromatic carbocycles. The SMILES string of the molecule is COc1ccc(-c2nc3c(Br)cccc3s2)cc1. The first-order chi connectivity index (χ1) is 8.78. The monoisotopic (exact) mass is 319 g/mol. The van der Waals surface area contributed by atoms with Gasteiger partial charge in [0.05, 0.1) is 17.3 Å². The summed E-state index contributed by atoms with van der Waals surface area (Å²) in [6.45, 7) is 0. The maximum Gasteiger partial charge on any atom is 0.124 e. The second-order valence-electron chi connectivity index (χ2n) is 3.83. The summed E-state index contributed by atoms with van der Waals surface area (Å²) in [4.78, 5) is 4.67. The van der Waals surface area contributed by atoms with Crippen LogP contribution in [0.3, 0.4) is 0 Å². The zero-order chi connectivity index (χ0) is 12.5. The summed E-state index contributed by atoms with van der Waals surface area (Å²) >= 11 is 5.23. The average molecular weight is 320 g/mol. The Kier molecular flexibility index (Phi) is 3.06. The number of hydrogen-bond acceptors (Lipinski definition) is 3. The molecule has 0 fully saturated rings. The lowest BCUT2D eigenvalue weighted by molar-refractivity contribution is 0.415. The highest BCUT2D eigenvalue weighted by Crippen LogP contribution is 2.34. The molecule has 0 N–H and O–H groups in total. The minimum atomic E-state index is 0.862. The molecule has 0 atom stereocenters. The van der Waals surface area contributed by atoms with Gasteiger partial charge in [0.2, 0.25) is 0 Å². The van der Waals surface area contributed by atoms with Crippen molar-refractivity contribution in [1.29, 1.82) is 0 Å². The molecule has 0 spiro atoms. The van der Waals surface area contributed by atoms with E-state index in [1.807, 2.05) is 36.4 Å². The molecule has 0 aliphatic carbocycles. The van der Waals surface area contributed by atoms with E-state index >= 15 is 0 Å². The number of hydrogen-bond donors (Lipinski definition) is 0. The van der Waals surface area contributed by atoms with Gasteiger partial charge in [-0.15, -0.1) is 11.3 Å². The van der Waals surface area contributed by atoms with Crippen LogP contribution in [0, 0.1) is 0 Å². The molecule has 0 radical (unpaired) electrons. The highest BCUT2D eigenvalue weighted by Gasteiger charge is 2.08. The minimum absolute atomic E-state index is 0.862. The Hall–Kier alpha value is -1.39. The van der Waals surface area contributed by atoms with E-state index in [0.29, 0.717) is 0 Å². The first kappa shape index (κ1) is 11.7. The fourth-order valence-corrected chi connectivity index (χ4v) is 3.36. The number of para-hydroxylation sites is 1. The van der Waals surface area contributed by atoms with Crippen molar-refractivity contribution in [3.8, 4) is 16.3 Å². The van der Waals surface area contributed by atoms with Gasteiger partial charge >= 0.3 is 0 Å². The number of benzene rings is 2.